The Morgan fingerprint density at radius 1 is 1.33 bits per heavy atom. The van der Waals surface area contributed by atoms with Gasteiger partial charge in [-0.25, -0.2) is 4.98 Å². The summed E-state index contributed by atoms with van der Waals surface area (Å²) in [6.07, 6.45) is 4.64. The molecule has 0 amide bonds. The van der Waals surface area contributed by atoms with E-state index in [1.165, 1.54) is 12.6 Å². The molecule has 1 N–H and O–H groups in total. The zero-order chi connectivity index (χ0) is 15.0. The number of rotatable bonds is 4. The predicted octanol–water partition coefficient (Wildman–Crippen LogP) is 2.44. The minimum atomic E-state index is -0.421. The molecule has 2 heterocycles. The smallest absolute Gasteiger partial charge is 0.329 e. The molecular formula is C14H21N5O2. The minimum absolute atomic E-state index is 0.0382. The van der Waals surface area contributed by atoms with Gasteiger partial charge in [0.15, 0.2) is 0 Å². The molecule has 7 nitrogen and oxygen atoms in total. The lowest BCUT2D eigenvalue weighted by molar-refractivity contribution is -0.384. The lowest BCUT2D eigenvalue weighted by Gasteiger charge is -2.35. The third-order valence-corrected chi connectivity index (χ3v) is 4.02. The summed E-state index contributed by atoms with van der Waals surface area (Å²) in [5.74, 6) is 2.14. The molecule has 7 heteroatoms. The number of nitro groups is 1. The average Bonchev–Trinajstić information content (AvgIpc) is 3.21. The molecule has 3 rings (SSSR count). The van der Waals surface area contributed by atoms with E-state index in [2.05, 4.69) is 34.0 Å². The summed E-state index contributed by atoms with van der Waals surface area (Å²) in [5, 5.41) is 14.2. The predicted molar refractivity (Wildman–Crippen MR) is 80.5 cm³/mol. The fourth-order valence-electron chi connectivity index (χ4n) is 3.01. The molecule has 0 bridgehead atoms. The van der Waals surface area contributed by atoms with Gasteiger partial charge in [0.25, 0.3) is 0 Å². The van der Waals surface area contributed by atoms with E-state index in [0.717, 1.165) is 25.9 Å². The van der Waals surface area contributed by atoms with Crippen LogP contribution in [-0.2, 0) is 0 Å². The maximum atomic E-state index is 11.1. The van der Waals surface area contributed by atoms with E-state index in [9.17, 15) is 10.1 Å². The fraction of sp³-hybridized carbons (Fsp3) is 0.714. The zero-order valence-electron chi connectivity index (χ0n) is 12.5. The fourth-order valence-corrected chi connectivity index (χ4v) is 3.01. The van der Waals surface area contributed by atoms with E-state index in [1.54, 1.807) is 0 Å². The number of nitrogens with zero attached hydrogens (tertiary/aromatic N) is 4. The number of aromatic nitrogens is 2. The normalized spacial score (nSPS) is 25.7. The van der Waals surface area contributed by atoms with E-state index in [-0.39, 0.29) is 5.69 Å². The standard InChI is InChI=1S/C14H21N5O2/c1-9-5-10(2)8-18(7-9)14-15-6-12(19(20)21)13(17-14)16-11-3-4-11/h6,9-11H,3-5,7-8H2,1-2H3,(H,15,16,17). The van der Waals surface area contributed by atoms with Crippen LogP contribution < -0.4 is 10.2 Å². The number of anilines is 2. The van der Waals surface area contributed by atoms with Crippen LogP contribution in [0.2, 0.25) is 0 Å². The molecule has 1 aliphatic heterocycles. The van der Waals surface area contributed by atoms with Gasteiger partial charge in [-0.2, -0.15) is 4.98 Å². The van der Waals surface area contributed by atoms with Crippen LogP contribution in [-0.4, -0.2) is 34.0 Å². The Bertz CT molecular complexity index is 536. The summed E-state index contributed by atoms with van der Waals surface area (Å²) in [7, 11) is 0. The summed E-state index contributed by atoms with van der Waals surface area (Å²) >= 11 is 0. The molecule has 1 aliphatic carbocycles. The van der Waals surface area contributed by atoms with E-state index < -0.39 is 4.92 Å². The van der Waals surface area contributed by atoms with Gasteiger partial charge in [0, 0.05) is 19.1 Å². The van der Waals surface area contributed by atoms with Gasteiger partial charge in [0.2, 0.25) is 11.8 Å². The van der Waals surface area contributed by atoms with Gasteiger partial charge in [-0.1, -0.05) is 13.8 Å². The highest BCUT2D eigenvalue weighted by Crippen LogP contribution is 2.31. The van der Waals surface area contributed by atoms with Crippen molar-refractivity contribution in [1.29, 1.82) is 0 Å². The van der Waals surface area contributed by atoms with E-state index >= 15 is 0 Å². The summed E-state index contributed by atoms with van der Waals surface area (Å²) in [6, 6.07) is 0.325. The Morgan fingerprint density at radius 2 is 2.00 bits per heavy atom. The molecule has 114 valence electrons. The van der Waals surface area contributed by atoms with E-state index in [0.29, 0.717) is 29.6 Å². The second-order valence-electron chi connectivity index (χ2n) is 6.43. The van der Waals surface area contributed by atoms with Gasteiger partial charge in [-0.05, 0) is 31.1 Å². The van der Waals surface area contributed by atoms with Gasteiger partial charge in [-0.15, -0.1) is 0 Å². The van der Waals surface area contributed by atoms with Crippen molar-refractivity contribution in [3.05, 3.63) is 16.3 Å². The van der Waals surface area contributed by atoms with Crippen molar-refractivity contribution >= 4 is 17.5 Å². The molecule has 1 aromatic rings. The van der Waals surface area contributed by atoms with Crippen LogP contribution in [0, 0.1) is 22.0 Å². The van der Waals surface area contributed by atoms with Gasteiger partial charge >= 0.3 is 5.69 Å². The first-order valence-electron chi connectivity index (χ1n) is 7.56. The second kappa shape index (κ2) is 5.46. The first-order valence-corrected chi connectivity index (χ1v) is 7.56. The molecule has 2 unspecified atom stereocenters. The van der Waals surface area contributed by atoms with Crippen LogP contribution in [0.1, 0.15) is 33.1 Å². The molecule has 0 spiro atoms. The summed E-state index contributed by atoms with van der Waals surface area (Å²) in [6.45, 7) is 6.25. The topological polar surface area (TPSA) is 84.2 Å². The lowest BCUT2D eigenvalue weighted by Crippen LogP contribution is -2.39. The molecule has 2 aliphatic rings. The molecular weight excluding hydrogens is 270 g/mol. The van der Waals surface area contributed by atoms with Crippen LogP contribution >= 0.6 is 0 Å². The van der Waals surface area contributed by atoms with Gasteiger partial charge in [0.05, 0.1) is 4.92 Å². The largest absolute Gasteiger partial charge is 0.361 e. The monoisotopic (exact) mass is 291 g/mol. The molecule has 1 saturated carbocycles. The number of hydrogen-bond acceptors (Lipinski definition) is 6. The van der Waals surface area contributed by atoms with Crippen molar-refractivity contribution in [2.45, 2.75) is 39.2 Å². The van der Waals surface area contributed by atoms with Crippen molar-refractivity contribution in [2.75, 3.05) is 23.3 Å². The van der Waals surface area contributed by atoms with E-state index in [4.69, 9.17) is 0 Å². The van der Waals surface area contributed by atoms with Gasteiger partial charge in [0.1, 0.15) is 6.20 Å². The Balaban J connectivity index is 1.86. The molecule has 0 aromatic carbocycles. The molecule has 0 radical (unpaired) electrons. The van der Waals surface area contributed by atoms with Crippen LogP contribution in [0.4, 0.5) is 17.5 Å². The Kier molecular flexibility index (Phi) is 3.65. The van der Waals surface area contributed by atoms with Crippen LogP contribution in [0.5, 0.6) is 0 Å². The number of piperidine rings is 1. The molecule has 1 aromatic heterocycles. The number of nitrogens with one attached hydrogen (secondary N) is 1. The lowest BCUT2D eigenvalue weighted by atomic mass is 9.92. The zero-order valence-corrected chi connectivity index (χ0v) is 12.5. The highest BCUT2D eigenvalue weighted by atomic mass is 16.6. The van der Waals surface area contributed by atoms with Crippen molar-refractivity contribution in [3.8, 4) is 0 Å². The molecule has 2 atom stereocenters. The third kappa shape index (κ3) is 3.22. The Hall–Kier alpha value is -1.92. The van der Waals surface area contributed by atoms with Crippen molar-refractivity contribution < 1.29 is 4.92 Å². The average molecular weight is 291 g/mol. The minimum Gasteiger partial charge on any atom is -0.361 e. The summed E-state index contributed by atoms with van der Waals surface area (Å²) in [4.78, 5) is 21.4. The van der Waals surface area contributed by atoms with Gasteiger partial charge < -0.3 is 10.2 Å². The second-order valence-corrected chi connectivity index (χ2v) is 6.43. The quantitative estimate of drug-likeness (QED) is 0.677. The summed E-state index contributed by atoms with van der Waals surface area (Å²) in [5.41, 5.74) is -0.0382. The third-order valence-electron chi connectivity index (χ3n) is 4.02. The van der Waals surface area contributed by atoms with Crippen LogP contribution in [0.15, 0.2) is 6.20 Å². The van der Waals surface area contributed by atoms with Crippen LogP contribution in [0.25, 0.3) is 0 Å². The highest BCUT2D eigenvalue weighted by Gasteiger charge is 2.29. The molecule has 21 heavy (non-hydrogen) atoms. The molecule has 2 fully saturated rings. The van der Waals surface area contributed by atoms with Gasteiger partial charge in [-0.3, -0.25) is 10.1 Å². The molecule has 1 saturated heterocycles. The van der Waals surface area contributed by atoms with Crippen molar-refractivity contribution in [2.24, 2.45) is 11.8 Å². The van der Waals surface area contributed by atoms with Crippen molar-refractivity contribution in [1.82, 2.24) is 9.97 Å². The first kappa shape index (κ1) is 14.0. The Labute approximate surface area is 123 Å². The Morgan fingerprint density at radius 3 is 2.57 bits per heavy atom. The SMILES string of the molecule is CC1CC(C)CN(c2ncc([N+](=O)[O-])c(NC3CC3)n2)C1. The van der Waals surface area contributed by atoms with Crippen LogP contribution in [0.3, 0.4) is 0 Å². The first-order chi connectivity index (χ1) is 10.0. The van der Waals surface area contributed by atoms with Crippen molar-refractivity contribution in [3.63, 3.8) is 0 Å². The van der Waals surface area contributed by atoms with E-state index in [1.807, 2.05) is 0 Å². The maximum absolute atomic E-state index is 11.1. The summed E-state index contributed by atoms with van der Waals surface area (Å²) < 4.78 is 0. The highest BCUT2D eigenvalue weighted by molar-refractivity contribution is 5.58. The number of hydrogen-bond donors (Lipinski definition) is 1. The maximum Gasteiger partial charge on any atom is 0.329 e.